The summed E-state index contributed by atoms with van der Waals surface area (Å²) in [6.45, 7) is 5.60. The summed E-state index contributed by atoms with van der Waals surface area (Å²) in [6, 6.07) is 7.73. The van der Waals surface area contributed by atoms with Crippen LogP contribution in [0.2, 0.25) is 5.02 Å². The summed E-state index contributed by atoms with van der Waals surface area (Å²) in [4.78, 5) is 21.7. The summed E-state index contributed by atoms with van der Waals surface area (Å²) in [5.74, 6) is 0.820. The van der Waals surface area contributed by atoms with Gasteiger partial charge in [0.05, 0.1) is 29.4 Å². The van der Waals surface area contributed by atoms with Crippen LogP contribution in [0.1, 0.15) is 20.3 Å². The maximum atomic E-state index is 13.6. The van der Waals surface area contributed by atoms with Crippen molar-refractivity contribution in [2.24, 2.45) is 0 Å². The Morgan fingerprint density at radius 2 is 2.08 bits per heavy atom. The second kappa shape index (κ2) is 14.0. The van der Waals surface area contributed by atoms with Gasteiger partial charge in [0.2, 0.25) is 5.91 Å². The zero-order chi connectivity index (χ0) is 27.8. The maximum Gasteiger partial charge on any atom is 0.246 e. The highest BCUT2D eigenvalue weighted by molar-refractivity contribution is 8.01. The Morgan fingerprint density at radius 1 is 1.23 bits per heavy atom. The molecule has 0 aliphatic carbocycles. The van der Waals surface area contributed by atoms with E-state index in [9.17, 15) is 9.18 Å². The molecule has 0 spiro atoms. The van der Waals surface area contributed by atoms with E-state index in [0.717, 1.165) is 23.1 Å². The summed E-state index contributed by atoms with van der Waals surface area (Å²) in [7, 11) is 0. The number of carbonyl (C=O) groups excluding carboxylic acids is 1. The van der Waals surface area contributed by atoms with Gasteiger partial charge < -0.3 is 20.1 Å². The second-order valence-electron chi connectivity index (χ2n) is 8.08. The third-order valence-corrected chi connectivity index (χ3v) is 7.87. The third-order valence-electron chi connectivity index (χ3n) is 5.18. The van der Waals surface area contributed by atoms with Crippen molar-refractivity contribution in [3.05, 3.63) is 51.5 Å². The van der Waals surface area contributed by atoms with Crippen molar-refractivity contribution in [2.45, 2.75) is 31.2 Å². The van der Waals surface area contributed by atoms with Crippen molar-refractivity contribution in [2.75, 3.05) is 36.2 Å². The maximum absolute atomic E-state index is 13.6. The van der Waals surface area contributed by atoms with E-state index in [0.29, 0.717) is 51.0 Å². The zero-order valence-corrected chi connectivity index (χ0v) is 24.4. The fourth-order valence-corrected chi connectivity index (χ4v) is 5.91. The fourth-order valence-electron chi connectivity index (χ4n) is 3.47. The molecule has 2 N–H and O–H groups in total. The van der Waals surface area contributed by atoms with E-state index in [1.165, 1.54) is 34.5 Å². The number of thioether (sulfide) groups is 1. The standard InChI is InChI=1S/C25H26ClFN6O3S3/c1-3-7-35-8-9-38-24-32-33(25(37)39-24)13-22(34)31-20-11-16-19(12-21(20)36-4-2)28-14-29-23(16)30-15-5-6-18(27)17(26)10-15/h5-6,10-12,14H,3-4,7-9,13H2,1-2H3,(H,31,34)(H,28,29,30). The van der Waals surface area contributed by atoms with Gasteiger partial charge in [-0.05, 0) is 49.8 Å². The van der Waals surface area contributed by atoms with E-state index in [4.69, 9.17) is 33.3 Å². The quantitative estimate of drug-likeness (QED) is 0.0973. The first-order valence-corrected chi connectivity index (χ1v) is 14.7. The largest absolute Gasteiger partial charge is 0.492 e. The Balaban J connectivity index is 1.53. The lowest BCUT2D eigenvalue weighted by molar-refractivity contribution is -0.116. The predicted molar refractivity (Wildman–Crippen MR) is 157 cm³/mol. The number of carbonyl (C=O) groups is 1. The Kier molecular flexibility index (Phi) is 10.5. The van der Waals surface area contributed by atoms with Gasteiger partial charge in [-0.25, -0.2) is 19.0 Å². The Morgan fingerprint density at radius 3 is 2.85 bits per heavy atom. The van der Waals surface area contributed by atoms with E-state index < -0.39 is 5.82 Å². The monoisotopic (exact) mass is 608 g/mol. The van der Waals surface area contributed by atoms with Crippen molar-refractivity contribution in [3.63, 3.8) is 0 Å². The number of amides is 1. The molecule has 0 atom stereocenters. The van der Waals surface area contributed by atoms with Crippen LogP contribution in [-0.2, 0) is 16.1 Å². The number of rotatable bonds is 13. The number of hydrogen-bond acceptors (Lipinski definition) is 10. The van der Waals surface area contributed by atoms with Crippen LogP contribution in [-0.4, -0.2) is 51.2 Å². The number of hydrogen-bond donors (Lipinski definition) is 2. The Bertz CT molecular complexity index is 1520. The van der Waals surface area contributed by atoms with Gasteiger partial charge in [0.25, 0.3) is 0 Å². The third kappa shape index (κ3) is 7.85. The lowest BCUT2D eigenvalue weighted by atomic mass is 10.1. The minimum Gasteiger partial charge on any atom is -0.492 e. The summed E-state index contributed by atoms with van der Waals surface area (Å²) >= 11 is 14.2. The SMILES string of the molecule is CCCOCCSc1nn(CC(=O)Nc2cc3c(Nc4ccc(F)c(Cl)c4)ncnc3cc2OCC)c(=S)s1. The number of ether oxygens (including phenoxy) is 2. The van der Waals surface area contributed by atoms with Gasteiger partial charge in [0.15, 0.2) is 8.29 Å². The summed E-state index contributed by atoms with van der Waals surface area (Å²) < 4.78 is 27.7. The molecule has 0 aliphatic rings. The number of benzene rings is 2. The molecule has 0 aliphatic heterocycles. The van der Waals surface area contributed by atoms with Crippen LogP contribution in [0.4, 0.5) is 21.6 Å². The predicted octanol–water partition coefficient (Wildman–Crippen LogP) is 6.71. The molecular weight excluding hydrogens is 583 g/mol. The minimum atomic E-state index is -0.520. The van der Waals surface area contributed by atoms with Crippen LogP contribution >= 0.6 is 46.9 Å². The summed E-state index contributed by atoms with van der Waals surface area (Å²) in [5, 5.41) is 11.1. The van der Waals surface area contributed by atoms with Crippen molar-refractivity contribution in [1.29, 1.82) is 0 Å². The molecular formula is C25H26ClFN6O3S3. The van der Waals surface area contributed by atoms with E-state index in [-0.39, 0.29) is 17.5 Å². The fraction of sp³-hybridized carbons (Fsp3) is 0.320. The molecule has 2 aromatic heterocycles. The number of aromatic nitrogens is 4. The molecule has 0 radical (unpaired) electrons. The molecule has 2 aromatic carbocycles. The van der Waals surface area contributed by atoms with Crippen molar-refractivity contribution >= 4 is 80.9 Å². The van der Waals surface area contributed by atoms with Gasteiger partial charge in [0, 0.05) is 29.5 Å². The molecule has 0 saturated carbocycles. The molecule has 206 valence electrons. The van der Waals surface area contributed by atoms with Gasteiger partial charge in [-0.1, -0.05) is 41.6 Å². The van der Waals surface area contributed by atoms with Gasteiger partial charge in [-0.3, -0.25) is 4.79 Å². The first-order chi connectivity index (χ1) is 18.9. The van der Waals surface area contributed by atoms with Crippen molar-refractivity contribution in [1.82, 2.24) is 19.7 Å². The molecule has 2 heterocycles. The smallest absolute Gasteiger partial charge is 0.246 e. The van der Waals surface area contributed by atoms with Crippen LogP contribution in [0.3, 0.4) is 0 Å². The number of nitrogens with one attached hydrogen (secondary N) is 2. The van der Waals surface area contributed by atoms with Crippen LogP contribution in [0, 0.1) is 9.77 Å². The van der Waals surface area contributed by atoms with Crippen LogP contribution in [0.25, 0.3) is 10.9 Å². The highest BCUT2D eigenvalue weighted by Crippen LogP contribution is 2.34. The van der Waals surface area contributed by atoms with E-state index in [1.807, 2.05) is 6.92 Å². The van der Waals surface area contributed by atoms with Gasteiger partial charge in [-0.15, -0.1) is 0 Å². The van der Waals surface area contributed by atoms with Gasteiger partial charge in [0.1, 0.15) is 30.3 Å². The van der Waals surface area contributed by atoms with Crippen LogP contribution < -0.4 is 15.4 Å². The molecule has 0 bridgehead atoms. The molecule has 4 rings (SSSR count). The van der Waals surface area contributed by atoms with Crippen LogP contribution in [0.5, 0.6) is 5.75 Å². The molecule has 0 unspecified atom stereocenters. The molecule has 39 heavy (non-hydrogen) atoms. The van der Waals surface area contributed by atoms with Crippen molar-refractivity contribution < 1.29 is 18.7 Å². The lowest BCUT2D eigenvalue weighted by Gasteiger charge is -2.15. The molecule has 1 amide bonds. The minimum absolute atomic E-state index is 0.0167. The molecule has 9 nitrogen and oxygen atoms in total. The Labute approximate surface area is 243 Å². The summed E-state index contributed by atoms with van der Waals surface area (Å²) in [5.41, 5.74) is 1.58. The van der Waals surface area contributed by atoms with E-state index >= 15 is 0 Å². The van der Waals surface area contributed by atoms with E-state index in [2.05, 4.69) is 32.6 Å². The number of halogens is 2. The molecule has 14 heteroatoms. The first-order valence-electron chi connectivity index (χ1n) is 12.1. The molecule has 0 fully saturated rings. The average Bonchev–Trinajstić information content (AvgIpc) is 3.25. The number of anilines is 3. The highest BCUT2D eigenvalue weighted by atomic mass is 35.5. The topological polar surface area (TPSA) is 103 Å². The lowest BCUT2D eigenvalue weighted by Crippen LogP contribution is -2.20. The molecule has 4 aromatic rings. The first kappa shape index (κ1) is 29.2. The van der Waals surface area contributed by atoms with Crippen molar-refractivity contribution in [3.8, 4) is 5.75 Å². The van der Waals surface area contributed by atoms with Gasteiger partial charge >= 0.3 is 0 Å². The second-order valence-corrected chi connectivity index (χ2v) is 11.4. The van der Waals surface area contributed by atoms with E-state index in [1.54, 1.807) is 30.0 Å². The number of nitrogens with zero attached hydrogens (tertiary/aromatic N) is 4. The number of fused-ring (bicyclic) bond motifs is 1. The highest BCUT2D eigenvalue weighted by Gasteiger charge is 2.16. The van der Waals surface area contributed by atoms with Crippen LogP contribution in [0.15, 0.2) is 41.0 Å². The normalized spacial score (nSPS) is 11.1. The Hall–Kier alpha value is -2.84. The average molecular weight is 609 g/mol. The molecule has 0 saturated heterocycles. The zero-order valence-electron chi connectivity index (χ0n) is 21.2. The summed E-state index contributed by atoms with van der Waals surface area (Å²) in [6.07, 6.45) is 2.38. The van der Waals surface area contributed by atoms with Gasteiger partial charge in [-0.2, -0.15) is 5.10 Å².